The van der Waals surface area contributed by atoms with Gasteiger partial charge in [-0.25, -0.2) is 4.79 Å². The van der Waals surface area contributed by atoms with Crippen LogP contribution < -0.4 is 5.63 Å². The molecule has 0 bridgehead atoms. The molecule has 2 atom stereocenters. The first-order chi connectivity index (χ1) is 10.4. The zero-order chi connectivity index (χ0) is 15.9. The Morgan fingerprint density at radius 3 is 2.50 bits per heavy atom. The van der Waals surface area contributed by atoms with E-state index in [1.165, 1.54) is 0 Å². The van der Waals surface area contributed by atoms with Crippen LogP contribution in [0, 0.1) is 13.8 Å². The number of aryl methyl sites for hydroxylation is 2. The molecule has 22 heavy (non-hydrogen) atoms. The summed E-state index contributed by atoms with van der Waals surface area (Å²) in [5.41, 5.74) is 3.73. The van der Waals surface area contributed by atoms with Gasteiger partial charge in [0.25, 0.3) is 0 Å². The molecule has 3 rings (SSSR count). The lowest BCUT2D eigenvalue weighted by Gasteiger charge is -2.35. The van der Waals surface area contributed by atoms with Gasteiger partial charge in [0.2, 0.25) is 0 Å². The van der Waals surface area contributed by atoms with Gasteiger partial charge in [-0.05, 0) is 50.5 Å². The Hall–Kier alpha value is -1.65. The van der Waals surface area contributed by atoms with E-state index in [1.54, 1.807) is 6.07 Å². The fourth-order valence-electron chi connectivity index (χ4n) is 3.55. The van der Waals surface area contributed by atoms with Gasteiger partial charge in [0, 0.05) is 31.1 Å². The van der Waals surface area contributed by atoms with Crippen LogP contribution >= 0.6 is 0 Å². The van der Waals surface area contributed by atoms with Crippen LogP contribution in [0.4, 0.5) is 0 Å². The molecule has 1 fully saturated rings. The smallest absolute Gasteiger partial charge is 0.336 e. The molecule has 0 unspecified atom stereocenters. The molecule has 0 amide bonds. The monoisotopic (exact) mass is 301 g/mol. The van der Waals surface area contributed by atoms with Crippen LogP contribution in [0.25, 0.3) is 11.0 Å². The quantitative estimate of drug-likeness (QED) is 0.800. The third-order valence-corrected chi connectivity index (χ3v) is 4.16. The largest absolute Gasteiger partial charge is 0.423 e. The maximum atomic E-state index is 11.9. The number of nitrogens with zero attached hydrogens (tertiary/aromatic N) is 1. The van der Waals surface area contributed by atoms with E-state index in [-0.39, 0.29) is 17.8 Å². The molecule has 2 heterocycles. The van der Waals surface area contributed by atoms with E-state index in [4.69, 9.17) is 9.15 Å². The molecule has 1 aliphatic rings. The maximum Gasteiger partial charge on any atom is 0.336 e. The number of hydrogen-bond acceptors (Lipinski definition) is 4. The van der Waals surface area contributed by atoms with Crippen molar-refractivity contribution in [3.8, 4) is 0 Å². The van der Waals surface area contributed by atoms with E-state index in [9.17, 15) is 4.79 Å². The lowest BCUT2D eigenvalue weighted by atomic mass is 10.0. The molecule has 0 saturated carbocycles. The van der Waals surface area contributed by atoms with Crippen LogP contribution in [-0.2, 0) is 11.3 Å². The third kappa shape index (κ3) is 3.08. The first-order valence-corrected chi connectivity index (χ1v) is 7.84. The number of hydrogen-bond donors (Lipinski definition) is 0. The van der Waals surface area contributed by atoms with Gasteiger partial charge in [0.05, 0.1) is 12.2 Å². The van der Waals surface area contributed by atoms with Gasteiger partial charge in [0.15, 0.2) is 0 Å². The topological polar surface area (TPSA) is 42.7 Å². The Morgan fingerprint density at radius 2 is 1.82 bits per heavy atom. The molecule has 0 aliphatic carbocycles. The van der Waals surface area contributed by atoms with Gasteiger partial charge in [-0.15, -0.1) is 0 Å². The highest BCUT2D eigenvalue weighted by molar-refractivity contribution is 5.84. The molecule has 1 aliphatic heterocycles. The van der Waals surface area contributed by atoms with E-state index in [1.807, 2.05) is 13.0 Å². The molecule has 4 nitrogen and oxygen atoms in total. The normalized spacial score (nSPS) is 23.1. The van der Waals surface area contributed by atoms with Gasteiger partial charge in [-0.1, -0.05) is 6.07 Å². The minimum atomic E-state index is -0.276. The highest BCUT2D eigenvalue weighted by atomic mass is 16.5. The summed E-state index contributed by atoms with van der Waals surface area (Å²) in [6, 6.07) is 5.71. The van der Waals surface area contributed by atoms with Crippen LogP contribution in [-0.4, -0.2) is 30.2 Å². The fourth-order valence-corrected chi connectivity index (χ4v) is 3.55. The Morgan fingerprint density at radius 1 is 1.14 bits per heavy atom. The van der Waals surface area contributed by atoms with Crippen molar-refractivity contribution >= 4 is 11.0 Å². The highest BCUT2D eigenvalue weighted by Crippen LogP contribution is 2.25. The predicted molar refractivity (Wildman–Crippen MR) is 87.2 cm³/mol. The first-order valence-electron chi connectivity index (χ1n) is 7.84. The van der Waals surface area contributed by atoms with Gasteiger partial charge in [-0.2, -0.15) is 0 Å². The lowest BCUT2D eigenvalue weighted by molar-refractivity contribution is -0.0704. The standard InChI is InChI=1S/C18H23NO3/c1-11-5-12(2)18-15(7-17(20)22-16(18)6-11)10-19-8-13(3)21-14(4)9-19/h5-7,13-14H,8-10H2,1-4H3/t13-,14-/m1/s1. The molecule has 0 N–H and O–H groups in total. The van der Waals surface area contributed by atoms with Crippen molar-refractivity contribution in [2.24, 2.45) is 0 Å². The zero-order valence-corrected chi connectivity index (χ0v) is 13.7. The first kappa shape index (κ1) is 15.3. The van der Waals surface area contributed by atoms with E-state index in [0.717, 1.165) is 41.7 Å². The number of rotatable bonds is 2. The summed E-state index contributed by atoms with van der Waals surface area (Å²) >= 11 is 0. The van der Waals surface area contributed by atoms with Gasteiger partial charge in [-0.3, -0.25) is 4.90 Å². The van der Waals surface area contributed by atoms with Crippen LogP contribution in [0.15, 0.2) is 27.4 Å². The zero-order valence-electron chi connectivity index (χ0n) is 13.7. The SMILES string of the molecule is Cc1cc(C)c2c(CN3C[C@@H](C)O[C@H](C)C3)cc(=O)oc2c1. The minimum Gasteiger partial charge on any atom is -0.423 e. The molecule has 1 saturated heterocycles. The van der Waals surface area contributed by atoms with Crippen molar-refractivity contribution in [3.63, 3.8) is 0 Å². The Labute approximate surface area is 130 Å². The van der Waals surface area contributed by atoms with Gasteiger partial charge < -0.3 is 9.15 Å². The third-order valence-electron chi connectivity index (χ3n) is 4.16. The second kappa shape index (κ2) is 5.86. The van der Waals surface area contributed by atoms with Crippen LogP contribution in [0.5, 0.6) is 0 Å². The number of ether oxygens (including phenoxy) is 1. The predicted octanol–water partition coefficient (Wildman–Crippen LogP) is 3.02. The summed E-state index contributed by atoms with van der Waals surface area (Å²) in [6.45, 7) is 10.8. The molecule has 1 aromatic heterocycles. The van der Waals surface area contributed by atoms with Crippen molar-refractivity contribution in [1.29, 1.82) is 0 Å². The Balaban J connectivity index is 2.01. The lowest BCUT2D eigenvalue weighted by Crippen LogP contribution is -2.44. The van der Waals surface area contributed by atoms with E-state index < -0.39 is 0 Å². The summed E-state index contributed by atoms with van der Waals surface area (Å²) in [7, 11) is 0. The molecule has 2 aromatic rings. The minimum absolute atomic E-state index is 0.221. The molecule has 1 aromatic carbocycles. The van der Waals surface area contributed by atoms with Crippen molar-refractivity contribution in [2.75, 3.05) is 13.1 Å². The van der Waals surface area contributed by atoms with Crippen molar-refractivity contribution in [1.82, 2.24) is 4.90 Å². The van der Waals surface area contributed by atoms with Crippen molar-refractivity contribution < 1.29 is 9.15 Å². The van der Waals surface area contributed by atoms with E-state index in [2.05, 4.69) is 31.7 Å². The summed E-state index contributed by atoms with van der Waals surface area (Å²) in [4.78, 5) is 14.2. The van der Waals surface area contributed by atoms with Crippen molar-refractivity contribution in [2.45, 2.75) is 46.4 Å². The number of benzene rings is 1. The summed E-state index contributed by atoms with van der Waals surface area (Å²) in [5, 5.41) is 1.07. The number of morpholine rings is 1. The fraction of sp³-hybridized carbons (Fsp3) is 0.500. The summed E-state index contributed by atoms with van der Waals surface area (Å²) < 4.78 is 11.2. The number of fused-ring (bicyclic) bond motifs is 1. The van der Waals surface area contributed by atoms with Gasteiger partial charge >= 0.3 is 5.63 Å². The van der Waals surface area contributed by atoms with Gasteiger partial charge in [0.1, 0.15) is 5.58 Å². The molecular formula is C18H23NO3. The molecule has 4 heteroatoms. The summed E-state index contributed by atoms with van der Waals surface area (Å²) in [5.74, 6) is 0. The molecule has 0 radical (unpaired) electrons. The highest BCUT2D eigenvalue weighted by Gasteiger charge is 2.23. The average Bonchev–Trinajstić information content (AvgIpc) is 2.35. The molecule has 118 valence electrons. The Kier molecular flexibility index (Phi) is 4.06. The second-order valence-corrected chi connectivity index (χ2v) is 6.50. The van der Waals surface area contributed by atoms with Crippen LogP contribution in [0.2, 0.25) is 0 Å². The van der Waals surface area contributed by atoms with Crippen LogP contribution in [0.1, 0.15) is 30.5 Å². The van der Waals surface area contributed by atoms with E-state index in [0.29, 0.717) is 5.58 Å². The van der Waals surface area contributed by atoms with E-state index >= 15 is 0 Å². The Bertz CT molecular complexity index is 740. The maximum absolute atomic E-state index is 11.9. The van der Waals surface area contributed by atoms with Crippen LogP contribution in [0.3, 0.4) is 0 Å². The molecular weight excluding hydrogens is 278 g/mol. The summed E-state index contributed by atoms with van der Waals surface area (Å²) in [6.07, 6.45) is 0.442. The van der Waals surface area contributed by atoms with Crippen molar-refractivity contribution in [3.05, 3.63) is 45.3 Å². The second-order valence-electron chi connectivity index (χ2n) is 6.50. The molecule has 0 spiro atoms. The average molecular weight is 301 g/mol.